The lowest BCUT2D eigenvalue weighted by Gasteiger charge is -2.22. The van der Waals surface area contributed by atoms with E-state index >= 15 is 0 Å². The highest BCUT2D eigenvalue weighted by atomic mass is 35.5. The number of carbonyl (C=O) groups excluding carboxylic acids is 2. The minimum Gasteiger partial charge on any atom is -0.342 e. The molecule has 160 valence electrons. The van der Waals surface area contributed by atoms with Gasteiger partial charge in [-0.15, -0.1) is 0 Å². The second-order valence-corrected chi connectivity index (χ2v) is 9.21. The Kier molecular flexibility index (Phi) is 5.32. The van der Waals surface area contributed by atoms with Gasteiger partial charge in [-0.05, 0) is 48.4 Å². The number of amides is 2. The Morgan fingerprint density at radius 2 is 1.55 bits per heavy atom. The third-order valence-electron chi connectivity index (χ3n) is 6.24. The summed E-state index contributed by atoms with van der Waals surface area (Å²) in [5.41, 5.74) is 3.01. The average Bonchev–Trinajstić information content (AvgIpc) is 3.44. The van der Waals surface area contributed by atoms with Crippen molar-refractivity contribution in [2.75, 3.05) is 26.2 Å². The lowest BCUT2D eigenvalue weighted by atomic mass is 10.0. The number of H-pyrrole nitrogens is 1. The van der Waals surface area contributed by atoms with E-state index in [2.05, 4.69) is 15.4 Å². The Morgan fingerprint density at radius 1 is 0.903 bits per heavy atom. The monoisotopic (exact) mass is 457 g/mol. The number of nitrogens with one attached hydrogen (secondary N) is 1. The molecule has 7 nitrogen and oxygen atoms in total. The van der Waals surface area contributed by atoms with Gasteiger partial charge in [-0.2, -0.15) is 15.4 Å². The minimum atomic E-state index is 0.00927. The number of halogens is 2. The van der Waals surface area contributed by atoms with E-state index in [1.165, 1.54) is 0 Å². The van der Waals surface area contributed by atoms with Crippen molar-refractivity contribution >= 4 is 46.0 Å². The maximum absolute atomic E-state index is 12.9. The number of hydrogen-bond acceptors (Lipinski definition) is 4. The molecular formula is C22H21Cl2N5O2. The molecule has 2 aliphatic rings. The number of carbonyl (C=O) groups is 2. The van der Waals surface area contributed by atoms with E-state index < -0.39 is 0 Å². The van der Waals surface area contributed by atoms with Crippen molar-refractivity contribution in [1.29, 1.82) is 0 Å². The lowest BCUT2D eigenvalue weighted by molar-refractivity contribution is -0.130. The third kappa shape index (κ3) is 4.12. The molecule has 2 aliphatic heterocycles. The first-order chi connectivity index (χ1) is 15.0. The molecule has 1 N–H and O–H groups in total. The van der Waals surface area contributed by atoms with Crippen LogP contribution < -0.4 is 0 Å². The zero-order chi connectivity index (χ0) is 21.5. The number of likely N-dealkylation sites (tertiary alicyclic amines) is 2. The number of benzene rings is 2. The van der Waals surface area contributed by atoms with Crippen molar-refractivity contribution in [3.05, 3.63) is 57.6 Å². The molecule has 2 saturated heterocycles. The summed E-state index contributed by atoms with van der Waals surface area (Å²) in [6.45, 7) is 2.75. The van der Waals surface area contributed by atoms with Gasteiger partial charge in [-0.25, -0.2) is 0 Å². The quantitative estimate of drug-likeness (QED) is 0.650. The fourth-order valence-electron chi connectivity index (χ4n) is 4.68. The Bertz CT molecular complexity index is 1130. The number of nitrogens with zero attached hydrogens (tertiary/aromatic N) is 4. The lowest BCUT2D eigenvalue weighted by Crippen LogP contribution is -2.35. The van der Waals surface area contributed by atoms with Crippen molar-refractivity contribution in [3.8, 4) is 0 Å². The fourth-order valence-corrected chi connectivity index (χ4v) is 5.25. The van der Waals surface area contributed by atoms with E-state index in [0.717, 1.165) is 11.1 Å². The van der Waals surface area contributed by atoms with Crippen LogP contribution in [0, 0.1) is 11.8 Å². The Morgan fingerprint density at radius 3 is 2.26 bits per heavy atom. The molecule has 9 heteroatoms. The fraction of sp³-hybridized carbons (Fsp3) is 0.364. The highest BCUT2D eigenvalue weighted by molar-refractivity contribution is 6.34. The van der Waals surface area contributed by atoms with Gasteiger partial charge in [0.2, 0.25) is 5.91 Å². The largest absolute Gasteiger partial charge is 0.342 e. The van der Waals surface area contributed by atoms with E-state index in [-0.39, 0.29) is 11.8 Å². The molecule has 1 aromatic heterocycles. The van der Waals surface area contributed by atoms with E-state index in [1.807, 2.05) is 21.9 Å². The van der Waals surface area contributed by atoms with Gasteiger partial charge in [-0.3, -0.25) is 9.59 Å². The van der Waals surface area contributed by atoms with Crippen LogP contribution in [-0.2, 0) is 11.2 Å². The molecule has 2 amide bonds. The smallest absolute Gasteiger partial charge is 0.253 e. The second kappa shape index (κ2) is 8.13. The van der Waals surface area contributed by atoms with E-state index in [4.69, 9.17) is 23.2 Å². The van der Waals surface area contributed by atoms with Crippen LogP contribution in [0.2, 0.25) is 10.0 Å². The normalized spacial score (nSPS) is 20.5. The molecule has 0 aliphatic carbocycles. The first-order valence-corrected chi connectivity index (χ1v) is 11.0. The zero-order valence-corrected chi connectivity index (χ0v) is 18.2. The number of rotatable bonds is 4. The van der Waals surface area contributed by atoms with Gasteiger partial charge < -0.3 is 9.80 Å². The molecule has 2 atom stereocenters. The van der Waals surface area contributed by atoms with E-state index in [1.54, 1.807) is 24.3 Å². The first-order valence-electron chi connectivity index (χ1n) is 10.3. The summed E-state index contributed by atoms with van der Waals surface area (Å²) in [7, 11) is 0. The standard InChI is InChI=1S/C22H21Cl2N5O2/c23-17-5-13(6-18(24)8-17)1-4-21(30)28-9-15-11-29(12-16(15)10-28)22(31)14-2-3-19-20(7-14)26-27-25-19/h2-3,5-8,15-16H,1,4,9-12H2,(H,25,26,27). The van der Waals surface area contributed by atoms with Gasteiger partial charge in [0, 0.05) is 60.0 Å². The van der Waals surface area contributed by atoms with Crippen LogP contribution in [0.5, 0.6) is 0 Å². The molecule has 5 rings (SSSR count). The van der Waals surface area contributed by atoms with Crippen molar-refractivity contribution < 1.29 is 9.59 Å². The maximum atomic E-state index is 12.9. The summed E-state index contributed by atoms with van der Waals surface area (Å²) in [6.07, 6.45) is 1.04. The summed E-state index contributed by atoms with van der Waals surface area (Å²) in [4.78, 5) is 29.5. The molecule has 3 heterocycles. The topological polar surface area (TPSA) is 82.2 Å². The van der Waals surface area contributed by atoms with Gasteiger partial charge >= 0.3 is 0 Å². The van der Waals surface area contributed by atoms with Crippen molar-refractivity contribution in [3.63, 3.8) is 0 Å². The summed E-state index contributed by atoms with van der Waals surface area (Å²) >= 11 is 12.1. The van der Waals surface area contributed by atoms with Crippen molar-refractivity contribution in [2.24, 2.45) is 11.8 Å². The van der Waals surface area contributed by atoms with Crippen LogP contribution >= 0.6 is 23.2 Å². The highest BCUT2D eigenvalue weighted by Gasteiger charge is 2.42. The number of aromatic amines is 1. The van der Waals surface area contributed by atoms with Crippen molar-refractivity contribution in [2.45, 2.75) is 12.8 Å². The van der Waals surface area contributed by atoms with Gasteiger partial charge in [0.15, 0.2) is 0 Å². The van der Waals surface area contributed by atoms with Crippen LogP contribution in [-0.4, -0.2) is 63.2 Å². The summed E-state index contributed by atoms with van der Waals surface area (Å²) in [6, 6.07) is 10.7. The number of aryl methyl sites for hydroxylation is 1. The van der Waals surface area contributed by atoms with Gasteiger partial charge in [0.05, 0.1) is 0 Å². The number of aromatic nitrogens is 3. The van der Waals surface area contributed by atoms with Crippen LogP contribution in [0.25, 0.3) is 11.0 Å². The molecule has 2 fully saturated rings. The predicted octanol–water partition coefficient (Wildman–Crippen LogP) is 3.43. The van der Waals surface area contributed by atoms with Crippen LogP contribution in [0.15, 0.2) is 36.4 Å². The van der Waals surface area contributed by atoms with Gasteiger partial charge in [0.1, 0.15) is 11.0 Å². The Labute approximate surface area is 189 Å². The van der Waals surface area contributed by atoms with Crippen molar-refractivity contribution in [1.82, 2.24) is 25.2 Å². The maximum Gasteiger partial charge on any atom is 0.253 e. The summed E-state index contributed by atoms with van der Waals surface area (Å²) < 4.78 is 0. The Balaban J connectivity index is 1.16. The summed E-state index contributed by atoms with van der Waals surface area (Å²) in [5, 5.41) is 11.8. The number of fused-ring (bicyclic) bond motifs is 2. The SMILES string of the molecule is O=C(CCc1cc(Cl)cc(Cl)c1)N1CC2CN(C(=O)c3ccc4n[nH]nc4c3)CC2C1. The average molecular weight is 458 g/mol. The first kappa shape index (κ1) is 20.3. The zero-order valence-electron chi connectivity index (χ0n) is 16.7. The molecule has 0 radical (unpaired) electrons. The predicted molar refractivity (Wildman–Crippen MR) is 118 cm³/mol. The molecule has 0 spiro atoms. The van der Waals surface area contributed by atoms with Crippen LogP contribution in [0.1, 0.15) is 22.3 Å². The summed E-state index contributed by atoms with van der Waals surface area (Å²) in [5.74, 6) is 0.795. The molecular weight excluding hydrogens is 437 g/mol. The Hall–Kier alpha value is -2.64. The molecule has 2 unspecified atom stereocenters. The third-order valence-corrected chi connectivity index (χ3v) is 6.68. The molecule has 2 aromatic carbocycles. The van der Waals surface area contributed by atoms with E-state index in [0.29, 0.717) is 72.0 Å². The molecule has 31 heavy (non-hydrogen) atoms. The minimum absolute atomic E-state index is 0.00927. The van der Waals surface area contributed by atoms with E-state index in [9.17, 15) is 9.59 Å². The number of hydrogen-bond donors (Lipinski definition) is 1. The van der Waals surface area contributed by atoms with Crippen LogP contribution in [0.4, 0.5) is 0 Å². The molecule has 0 saturated carbocycles. The highest BCUT2D eigenvalue weighted by Crippen LogP contribution is 2.32. The molecule has 0 bridgehead atoms. The van der Waals surface area contributed by atoms with Crippen LogP contribution in [0.3, 0.4) is 0 Å². The molecule has 3 aromatic rings. The second-order valence-electron chi connectivity index (χ2n) is 8.33. The van der Waals surface area contributed by atoms with Gasteiger partial charge in [0.25, 0.3) is 5.91 Å². The van der Waals surface area contributed by atoms with Gasteiger partial charge in [-0.1, -0.05) is 23.2 Å².